The van der Waals surface area contributed by atoms with Gasteiger partial charge in [-0.25, -0.2) is 4.79 Å². The highest BCUT2D eigenvalue weighted by Crippen LogP contribution is 2.29. The van der Waals surface area contributed by atoms with E-state index in [9.17, 15) is 4.79 Å². The summed E-state index contributed by atoms with van der Waals surface area (Å²) in [6.45, 7) is 4.48. The molecule has 0 aromatic heterocycles. The maximum Gasteiger partial charge on any atom is 0.315 e. The van der Waals surface area contributed by atoms with Gasteiger partial charge in [0.1, 0.15) is 11.5 Å². The van der Waals surface area contributed by atoms with E-state index in [2.05, 4.69) is 28.7 Å². The second-order valence-corrected chi connectivity index (χ2v) is 6.03. The van der Waals surface area contributed by atoms with Crippen molar-refractivity contribution in [3.8, 4) is 11.5 Å². The molecule has 0 fully saturated rings. The Hall–Kier alpha value is -2.21. The third-order valence-corrected chi connectivity index (χ3v) is 4.23. The van der Waals surface area contributed by atoms with Crippen LogP contribution < -0.4 is 20.1 Å². The Morgan fingerprint density at radius 3 is 2.75 bits per heavy atom. The minimum Gasteiger partial charge on any atom is -0.497 e. The SMILES string of the molecule is COc1ccc(OC)c(C(C)NC(=O)NCC2=CCN(C)CC2)c1. The number of rotatable bonds is 6. The fourth-order valence-corrected chi connectivity index (χ4v) is 2.67. The van der Waals surface area contributed by atoms with Gasteiger partial charge in [0.2, 0.25) is 0 Å². The third-order valence-electron chi connectivity index (χ3n) is 4.23. The van der Waals surface area contributed by atoms with Crippen LogP contribution in [0.1, 0.15) is 24.9 Å². The number of hydrogen-bond donors (Lipinski definition) is 2. The zero-order valence-electron chi connectivity index (χ0n) is 14.9. The summed E-state index contributed by atoms with van der Waals surface area (Å²) >= 11 is 0. The summed E-state index contributed by atoms with van der Waals surface area (Å²) in [5.41, 5.74) is 2.15. The largest absolute Gasteiger partial charge is 0.497 e. The molecular weight excluding hydrogens is 306 g/mol. The lowest BCUT2D eigenvalue weighted by molar-refractivity contribution is 0.238. The average molecular weight is 333 g/mol. The normalized spacial score (nSPS) is 16.1. The Balaban J connectivity index is 1.91. The first-order valence-electron chi connectivity index (χ1n) is 8.16. The van der Waals surface area contributed by atoms with Crippen LogP contribution in [0.4, 0.5) is 4.79 Å². The van der Waals surface area contributed by atoms with Crippen LogP contribution in [0.2, 0.25) is 0 Å². The summed E-state index contributed by atoms with van der Waals surface area (Å²) in [5.74, 6) is 1.46. The van der Waals surface area contributed by atoms with Gasteiger partial charge in [-0.15, -0.1) is 0 Å². The molecule has 6 nitrogen and oxygen atoms in total. The second-order valence-electron chi connectivity index (χ2n) is 6.03. The van der Waals surface area contributed by atoms with Crippen LogP contribution in [0, 0.1) is 0 Å². The number of benzene rings is 1. The molecule has 132 valence electrons. The zero-order valence-corrected chi connectivity index (χ0v) is 14.9. The number of urea groups is 1. The van der Waals surface area contributed by atoms with Crippen LogP contribution in [-0.4, -0.2) is 51.8 Å². The Morgan fingerprint density at radius 1 is 1.33 bits per heavy atom. The van der Waals surface area contributed by atoms with Crippen LogP contribution in [0.25, 0.3) is 0 Å². The van der Waals surface area contributed by atoms with Gasteiger partial charge in [-0.05, 0) is 38.6 Å². The molecular formula is C18H27N3O3. The van der Waals surface area contributed by atoms with E-state index in [1.165, 1.54) is 5.57 Å². The topological polar surface area (TPSA) is 62.8 Å². The minimum absolute atomic E-state index is 0.188. The van der Waals surface area contributed by atoms with Gasteiger partial charge in [0.05, 0.1) is 20.3 Å². The highest BCUT2D eigenvalue weighted by atomic mass is 16.5. The van der Waals surface area contributed by atoms with E-state index in [-0.39, 0.29) is 12.1 Å². The number of carbonyl (C=O) groups is 1. The second kappa shape index (κ2) is 8.59. The monoisotopic (exact) mass is 333 g/mol. The van der Waals surface area contributed by atoms with Crippen molar-refractivity contribution in [3.63, 3.8) is 0 Å². The van der Waals surface area contributed by atoms with Crippen molar-refractivity contribution in [2.75, 3.05) is 40.9 Å². The molecule has 2 rings (SSSR count). The van der Waals surface area contributed by atoms with Crippen LogP contribution in [-0.2, 0) is 0 Å². The highest BCUT2D eigenvalue weighted by molar-refractivity contribution is 5.74. The molecule has 2 amide bonds. The molecule has 0 spiro atoms. The summed E-state index contributed by atoms with van der Waals surface area (Å²) in [6.07, 6.45) is 3.17. The van der Waals surface area contributed by atoms with E-state index in [4.69, 9.17) is 9.47 Å². The third kappa shape index (κ3) is 4.89. The summed E-state index contributed by atoms with van der Waals surface area (Å²) < 4.78 is 10.6. The Morgan fingerprint density at radius 2 is 2.12 bits per heavy atom. The van der Waals surface area contributed by atoms with Gasteiger partial charge in [0.15, 0.2) is 0 Å². The van der Waals surface area contributed by atoms with Gasteiger partial charge in [0, 0.05) is 25.2 Å². The summed E-state index contributed by atoms with van der Waals surface area (Å²) in [6, 6.07) is 5.17. The van der Waals surface area contributed by atoms with E-state index in [0.717, 1.165) is 36.6 Å². The van der Waals surface area contributed by atoms with Crippen molar-refractivity contribution in [1.82, 2.24) is 15.5 Å². The first-order chi connectivity index (χ1) is 11.5. The van der Waals surface area contributed by atoms with Crippen molar-refractivity contribution in [2.45, 2.75) is 19.4 Å². The zero-order chi connectivity index (χ0) is 17.5. The highest BCUT2D eigenvalue weighted by Gasteiger charge is 2.16. The lowest BCUT2D eigenvalue weighted by Crippen LogP contribution is -2.39. The van der Waals surface area contributed by atoms with E-state index >= 15 is 0 Å². The Kier molecular flexibility index (Phi) is 6.49. The molecule has 0 bridgehead atoms. The van der Waals surface area contributed by atoms with Gasteiger partial charge in [0.25, 0.3) is 0 Å². The van der Waals surface area contributed by atoms with Crippen molar-refractivity contribution in [2.24, 2.45) is 0 Å². The fraction of sp³-hybridized carbons (Fsp3) is 0.500. The van der Waals surface area contributed by atoms with Crippen LogP contribution in [0.3, 0.4) is 0 Å². The van der Waals surface area contributed by atoms with Gasteiger partial charge in [-0.2, -0.15) is 0 Å². The van der Waals surface area contributed by atoms with Crippen molar-refractivity contribution in [3.05, 3.63) is 35.4 Å². The van der Waals surface area contributed by atoms with Gasteiger partial charge in [-0.3, -0.25) is 0 Å². The number of ether oxygens (including phenoxy) is 2. The molecule has 0 saturated carbocycles. The molecule has 1 heterocycles. The number of carbonyl (C=O) groups excluding carboxylic acids is 1. The van der Waals surface area contributed by atoms with E-state index in [0.29, 0.717) is 6.54 Å². The first-order valence-corrected chi connectivity index (χ1v) is 8.16. The predicted molar refractivity (Wildman–Crippen MR) is 94.7 cm³/mol. The van der Waals surface area contributed by atoms with Gasteiger partial charge in [-0.1, -0.05) is 11.6 Å². The molecule has 0 saturated heterocycles. The number of methoxy groups -OCH3 is 2. The maximum atomic E-state index is 12.2. The molecule has 0 radical (unpaired) electrons. The van der Waals surface area contributed by atoms with E-state index < -0.39 is 0 Å². The molecule has 1 unspecified atom stereocenters. The molecule has 1 aromatic carbocycles. The molecule has 1 aliphatic heterocycles. The molecule has 2 N–H and O–H groups in total. The lowest BCUT2D eigenvalue weighted by atomic mass is 10.1. The number of nitrogens with zero attached hydrogens (tertiary/aromatic N) is 1. The fourth-order valence-electron chi connectivity index (χ4n) is 2.67. The van der Waals surface area contributed by atoms with E-state index in [1.54, 1.807) is 14.2 Å². The van der Waals surface area contributed by atoms with Gasteiger partial charge >= 0.3 is 6.03 Å². The van der Waals surface area contributed by atoms with Gasteiger partial charge < -0.3 is 25.0 Å². The quantitative estimate of drug-likeness (QED) is 0.784. The molecule has 6 heteroatoms. The van der Waals surface area contributed by atoms with Crippen LogP contribution in [0.5, 0.6) is 11.5 Å². The van der Waals surface area contributed by atoms with Crippen molar-refractivity contribution >= 4 is 6.03 Å². The minimum atomic E-state index is -0.193. The molecule has 0 aliphatic carbocycles. The molecule has 1 aromatic rings. The Labute approximate surface area is 143 Å². The summed E-state index contributed by atoms with van der Waals surface area (Å²) in [5, 5.41) is 5.87. The summed E-state index contributed by atoms with van der Waals surface area (Å²) in [4.78, 5) is 14.4. The number of hydrogen-bond acceptors (Lipinski definition) is 4. The molecule has 1 atom stereocenters. The maximum absolute atomic E-state index is 12.2. The Bertz CT molecular complexity index is 601. The van der Waals surface area contributed by atoms with E-state index in [1.807, 2.05) is 25.1 Å². The van der Waals surface area contributed by atoms with Crippen molar-refractivity contribution < 1.29 is 14.3 Å². The average Bonchev–Trinajstić information content (AvgIpc) is 2.60. The summed E-state index contributed by atoms with van der Waals surface area (Å²) in [7, 11) is 5.33. The lowest BCUT2D eigenvalue weighted by Gasteiger charge is -2.23. The number of nitrogens with one attached hydrogen (secondary N) is 2. The van der Waals surface area contributed by atoms with Crippen LogP contribution >= 0.6 is 0 Å². The first kappa shape index (κ1) is 18.1. The van der Waals surface area contributed by atoms with Crippen LogP contribution in [0.15, 0.2) is 29.8 Å². The smallest absolute Gasteiger partial charge is 0.315 e. The molecule has 1 aliphatic rings. The number of likely N-dealkylation sites (N-methyl/N-ethyl adjacent to an activating group) is 1. The number of amides is 2. The molecule has 24 heavy (non-hydrogen) atoms. The predicted octanol–water partition coefficient (Wildman–Crippen LogP) is 2.33. The standard InChI is InChI=1S/C18H27N3O3/c1-13(16-11-15(23-3)5-6-17(16)24-4)20-18(22)19-12-14-7-9-21(2)10-8-14/h5-7,11,13H,8-10,12H2,1-4H3,(H2,19,20,22). The van der Waals surface area contributed by atoms with Crippen molar-refractivity contribution in [1.29, 1.82) is 0 Å².